The van der Waals surface area contributed by atoms with Crippen LogP contribution in [0.15, 0.2) is 18.2 Å². The second-order valence-corrected chi connectivity index (χ2v) is 6.70. The zero-order valence-electron chi connectivity index (χ0n) is 13.9. The fourth-order valence-corrected chi connectivity index (χ4v) is 3.79. The second kappa shape index (κ2) is 7.21. The summed E-state index contributed by atoms with van der Waals surface area (Å²) in [4.78, 5) is 15.9. The first kappa shape index (κ1) is 16.1. The van der Waals surface area contributed by atoms with E-state index >= 15 is 0 Å². The molecule has 5 nitrogen and oxygen atoms in total. The molecular weight excluding hydrogens is 292 g/mol. The van der Waals surface area contributed by atoms with Crippen molar-refractivity contribution in [3.8, 4) is 11.5 Å². The van der Waals surface area contributed by atoms with Crippen LogP contribution in [-0.4, -0.2) is 49.2 Å². The summed E-state index contributed by atoms with van der Waals surface area (Å²) in [6.07, 6.45) is 4.22. The number of amides is 1. The van der Waals surface area contributed by atoms with Crippen molar-refractivity contribution in [3.63, 3.8) is 0 Å². The van der Waals surface area contributed by atoms with Gasteiger partial charge in [0.1, 0.15) is 6.54 Å². The highest BCUT2D eigenvalue weighted by Gasteiger charge is 2.31. The third kappa shape index (κ3) is 3.61. The lowest BCUT2D eigenvalue weighted by atomic mass is 9.95. The van der Waals surface area contributed by atoms with E-state index in [0.717, 1.165) is 64.0 Å². The van der Waals surface area contributed by atoms with Crippen LogP contribution in [0.25, 0.3) is 0 Å². The standard InChI is InChI=1S/C18H26N2O3/c1-23-16-6-4-5-15(17(16)21)13-19-11-7-14(8-12-19)18(22)20-9-2-3-10-20/h4-6,14,21H,2-3,7-13H2,1H3/p+1. The smallest absolute Gasteiger partial charge is 0.226 e. The number of phenolic OH excluding ortho intramolecular Hbond substituents is 1. The number of hydrogen-bond donors (Lipinski definition) is 2. The van der Waals surface area contributed by atoms with Crippen LogP contribution in [0.3, 0.4) is 0 Å². The van der Waals surface area contributed by atoms with Crippen LogP contribution in [0.1, 0.15) is 31.2 Å². The van der Waals surface area contributed by atoms with E-state index < -0.39 is 0 Å². The number of likely N-dealkylation sites (tertiary alicyclic amines) is 2. The minimum Gasteiger partial charge on any atom is -0.504 e. The molecular formula is C18H27N2O3+. The molecule has 0 unspecified atom stereocenters. The van der Waals surface area contributed by atoms with Gasteiger partial charge in [-0.25, -0.2) is 0 Å². The SMILES string of the molecule is COc1cccc(C[NH+]2CCC(C(=O)N3CCCC3)CC2)c1O. The largest absolute Gasteiger partial charge is 0.504 e. The van der Waals surface area contributed by atoms with Crippen LogP contribution in [0.5, 0.6) is 11.5 Å². The van der Waals surface area contributed by atoms with Gasteiger partial charge in [0.05, 0.1) is 25.8 Å². The Morgan fingerprint density at radius 2 is 2.00 bits per heavy atom. The maximum Gasteiger partial charge on any atom is 0.226 e. The van der Waals surface area contributed by atoms with E-state index in [9.17, 15) is 9.90 Å². The highest BCUT2D eigenvalue weighted by atomic mass is 16.5. The number of quaternary nitrogens is 1. The molecule has 1 aromatic rings. The van der Waals surface area contributed by atoms with Crippen molar-refractivity contribution in [1.29, 1.82) is 0 Å². The maximum absolute atomic E-state index is 12.5. The quantitative estimate of drug-likeness (QED) is 0.864. The van der Waals surface area contributed by atoms with Crippen LogP contribution in [-0.2, 0) is 11.3 Å². The Bertz CT molecular complexity index is 547. The van der Waals surface area contributed by atoms with Crippen molar-refractivity contribution in [2.45, 2.75) is 32.2 Å². The van der Waals surface area contributed by atoms with Gasteiger partial charge in [0.2, 0.25) is 5.91 Å². The van der Waals surface area contributed by atoms with Gasteiger partial charge in [0.25, 0.3) is 0 Å². The van der Waals surface area contributed by atoms with Crippen LogP contribution < -0.4 is 9.64 Å². The maximum atomic E-state index is 12.5. The van der Waals surface area contributed by atoms with E-state index in [1.54, 1.807) is 13.2 Å². The molecule has 2 aliphatic rings. The van der Waals surface area contributed by atoms with Gasteiger partial charge in [-0.2, -0.15) is 0 Å². The number of piperidine rings is 1. The van der Waals surface area contributed by atoms with Crippen molar-refractivity contribution >= 4 is 5.91 Å². The molecule has 0 atom stereocenters. The molecule has 2 aliphatic heterocycles. The van der Waals surface area contributed by atoms with Gasteiger partial charge in [-0.05, 0) is 25.0 Å². The summed E-state index contributed by atoms with van der Waals surface area (Å²) >= 11 is 0. The zero-order valence-corrected chi connectivity index (χ0v) is 13.9. The Morgan fingerprint density at radius 1 is 1.30 bits per heavy atom. The lowest BCUT2D eigenvalue weighted by Gasteiger charge is -2.31. The molecule has 1 amide bonds. The molecule has 3 rings (SSSR count). The fourth-order valence-electron chi connectivity index (χ4n) is 3.79. The average molecular weight is 319 g/mol. The van der Waals surface area contributed by atoms with E-state index in [-0.39, 0.29) is 11.7 Å². The highest BCUT2D eigenvalue weighted by molar-refractivity contribution is 5.79. The fraction of sp³-hybridized carbons (Fsp3) is 0.611. The molecule has 0 aromatic heterocycles. The topological polar surface area (TPSA) is 54.2 Å². The molecule has 5 heteroatoms. The molecule has 2 heterocycles. The molecule has 0 bridgehead atoms. The lowest BCUT2D eigenvalue weighted by Crippen LogP contribution is -3.11. The molecule has 2 N–H and O–H groups in total. The van der Waals surface area contributed by atoms with E-state index in [1.165, 1.54) is 4.90 Å². The predicted molar refractivity (Wildman–Crippen MR) is 87.6 cm³/mol. The van der Waals surface area contributed by atoms with E-state index in [2.05, 4.69) is 0 Å². The summed E-state index contributed by atoms with van der Waals surface area (Å²) in [6, 6.07) is 5.64. The van der Waals surface area contributed by atoms with Crippen molar-refractivity contribution in [1.82, 2.24) is 4.90 Å². The summed E-state index contributed by atoms with van der Waals surface area (Å²) in [5.41, 5.74) is 0.920. The third-order valence-electron chi connectivity index (χ3n) is 5.20. The Balaban J connectivity index is 1.54. The molecule has 0 radical (unpaired) electrons. The molecule has 0 saturated carbocycles. The Labute approximate surface area is 137 Å². The summed E-state index contributed by atoms with van der Waals surface area (Å²) < 4.78 is 5.17. The second-order valence-electron chi connectivity index (χ2n) is 6.70. The van der Waals surface area contributed by atoms with Crippen LogP contribution >= 0.6 is 0 Å². The average Bonchev–Trinajstić information content (AvgIpc) is 3.11. The molecule has 0 aliphatic carbocycles. The minimum atomic E-state index is 0.204. The number of carbonyl (C=O) groups is 1. The van der Waals surface area contributed by atoms with E-state index in [0.29, 0.717) is 11.7 Å². The number of ether oxygens (including phenoxy) is 1. The van der Waals surface area contributed by atoms with Crippen molar-refractivity contribution in [2.75, 3.05) is 33.3 Å². The van der Waals surface area contributed by atoms with E-state index in [1.807, 2.05) is 17.0 Å². The molecule has 1 aromatic carbocycles. The first-order valence-corrected chi connectivity index (χ1v) is 8.66. The number of carbonyl (C=O) groups excluding carboxylic acids is 1. The highest BCUT2D eigenvalue weighted by Crippen LogP contribution is 2.28. The summed E-state index contributed by atoms with van der Waals surface area (Å²) in [5.74, 6) is 1.35. The molecule has 0 spiro atoms. The zero-order chi connectivity index (χ0) is 16.2. The number of methoxy groups -OCH3 is 1. The predicted octanol–water partition coefficient (Wildman–Crippen LogP) is 0.818. The normalized spacial score (nSPS) is 24.7. The van der Waals surface area contributed by atoms with Gasteiger partial charge in [-0.1, -0.05) is 6.07 Å². The van der Waals surface area contributed by atoms with Gasteiger partial charge >= 0.3 is 0 Å². The number of benzene rings is 1. The monoisotopic (exact) mass is 319 g/mol. The van der Waals surface area contributed by atoms with Gasteiger partial charge in [0, 0.05) is 31.8 Å². The summed E-state index contributed by atoms with van der Waals surface area (Å²) in [6.45, 7) is 4.66. The molecule has 126 valence electrons. The van der Waals surface area contributed by atoms with Gasteiger partial charge in [0.15, 0.2) is 11.5 Å². The van der Waals surface area contributed by atoms with Crippen molar-refractivity contribution in [3.05, 3.63) is 23.8 Å². The van der Waals surface area contributed by atoms with Crippen molar-refractivity contribution < 1.29 is 19.5 Å². The summed E-state index contributed by atoms with van der Waals surface area (Å²) in [5, 5.41) is 10.2. The number of nitrogens with one attached hydrogen (secondary N) is 1. The van der Waals surface area contributed by atoms with Crippen LogP contribution in [0.4, 0.5) is 0 Å². The molecule has 23 heavy (non-hydrogen) atoms. The summed E-state index contributed by atoms with van der Waals surface area (Å²) in [7, 11) is 1.57. The third-order valence-corrected chi connectivity index (χ3v) is 5.20. The lowest BCUT2D eigenvalue weighted by molar-refractivity contribution is -0.919. The minimum absolute atomic E-state index is 0.204. The number of phenols is 1. The number of hydrogen-bond acceptors (Lipinski definition) is 3. The van der Waals surface area contributed by atoms with Gasteiger partial charge in [-0.15, -0.1) is 0 Å². The first-order chi connectivity index (χ1) is 11.2. The Kier molecular flexibility index (Phi) is 5.06. The number of para-hydroxylation sites is 1. The Morgan fingerprint density at radius 3 is 2.65 bits per heavy atom. The first-order valence-electron chi connectivity index (χ1n) is 8.66. The van der Waals surface area contributed by atoms with Gasteiger partial charge < -0.3 is 19.6 Å². The van der Waals surface area contributed by atoms with Crippen LogP contribution in [0, 0.1) is 5.92 Å². The molecule has 2 saturated heterocycles. The van der Waals surface area contributed by atoms with E-state index in [4.69, 9.17) is 4.74 Å². The van der Waals surface area contributed by atoms with Gasteiger partial charge in [-0.3, -0.25) is 4.79 Å². The number of nitrogens with zero attached hydrogens (tertiary/aromatic N) is 1. The van der Waals surface area contributed by atoms with Crippen LogP contribution in [0.2, 0.25) is 0 Å². The molecule has 2 fully saturated rings. The number of aromatic hydroxyl groups is 1. The Hall–Kier alpha value is -1.75. The number of rotatable bonds is 4. The van der Waals surface area contributed by atoms with Crippen molar-refractivity contribution in [2.24, 2.45) is 5.92 Å².